The number of anilines is 1. The first-order chi connectivity index (χ1) is 12.4. The van der Waals surface area contributed by atoms with Gasteiger partial charge >= 0.3 is 0 Å². The van der Waals surface area contributed by atoms with E-state index in [4.69, 9.17) is 16.1 Å². The number of piperazine rings is 1. The Morgan fingerprint density at radius 2 is 2.08 bits per heavy atom. The van der Waals surface area contributed by atoms with Gasteiger partial charge in [0, 0.05) is 6.07 Å². The Morgan fingerprint density at radius 1 is 1.35 bits per heavy atom. The number of carbonyl (C=O) groups is 1. The van der Waals surface area contributed by atoms with E-state index in [1.165, 1.54) is 28.0 Å². The zero-order chi connectivity index (χ0) is 18.7. The summed E-state index contributed by atoms with van der Waals surface area (Å²) in [6, 6.07) is 5.73. The third kappa shape index (κ3) is 4.60. The normalized spacial score (nSPS) is 21.4. The van der Waals surface area contributed by atoms with Crippen LogP contribution in [0, 0.1) is 12.7 Å². The Kier molecular flexibility index (Phi) is 5.90. The zero-order valence-electron chi connectivity index (χ0n) is 14.9. The van der Waals surface area contributed by atoms with Crippen molar-refractivity contribution in [2.75, 3.05) is 31.5 Å². The van der Waals surface area contributed by atoms with Crippen LogP contribution in [0.15, 0.2) is 28.8 Å². The van der Waals surface area contributed by atoms with Crippen molar-refractivity contribution in [1.29, 1.82) is 0 Å². The number of amides is 1. The van der Waals surface area contributed by atoms with Crippen molar-refractivity contribution in [2.24, 2.45) is 0 Å². The minimum atomic E-state index is -0.423. The fourth-order valence-electron chi connectivity index (χ4n) is 3.31. The minimum Gasteiger partial charge on any atom is -0.361 e. The maximum Gasteiger partial charge on any atom is 0.282 e. The predicted octanol–water partition coefficient (Wildman–Crippen LogP) is 0.0861. The van der Waals surface area contributed by atoms with E-state index < -0.39 is 5.82 Å². The summed E-state index contributed by atoms with van der Waals surface area (Å²) < 4.78 is 18.2. The summed E-state index contributed by atoms with van der Waals surface area (Å²) in [4.78, 5) is 15.2. The van der Waals surface area contributed by atoms with Crippen LogP contribution in [-0.2, 0) is 11.3 Å². The first-order valence-corrected chi connectivity index (χ1v) is 9.16. The molecule has 1 fully saturated rings. The Labute approximate surface area is 156 Å². The smallest absolute Gasteiger partial charge is 0.282 e. The van der Waals surface area contributed by atoms with Gasteiger partial charge in [0.15, 0.2) is 6.04 Å². The van der Waals surface area contributed by atoms with Gasteiger partial charge in [0.25, 0.3) is 5.91 Å². The third-order valence-corrected chi connectivity index (χ3v) is 5.21. The standard InChI is InChI=1S/C18H22ClFN4O2/c1-12-9-15(22-26-12)11-23-5-7-24(8-6-23)13(2)18(25)21-17-4-3-14(20)10-16(17)19/h3-4,9-10,13H,5-8,11H2,1-2H3,(H,21,25)/p+2/t13-/m0/s1. The quantitative estimate of drug-likeness (QED) is 0.686. The molecular formula is C18H24ClFN4O2+2. The summed E-state index contributed by atoms with van der Waals surface area (Å²) in [5, 5.41) is 7.05. The number of quaternary nitrogens is 2. The number of aromatic nitrogens is 1. The van der Waals surface area contributed by atoms with Gasteiger partial charge in [0.2, 0.25) is 0 Å². The molecule has 6 nitrogen and oxygen atoms in total. The Bertz CT molecular complexity index is 774. The van der Waals surface area contributed by atoms with Gasteiger partial charge in [-0.2, -0.15) is 0 Å². The molecule has 0 saturated carbocycles. The van der Waals surface area contributed by atoms with Crippen LogP contribution in [0.5, 0.6) is 0 Å². The second-order valence-electron chi connectivity index (χ2n) is 6.85. The lowest BCUT2D eigenvalue weighted by atomic mass is 10.2. The van der Waals surface area contributed by atoms with Crippen LogP contribution in [-0.4, -0.2) is 43.3 Å². The van der Waals surface area contributed by atoms with E-state index in [-0.39, 0.29) is 17.0 Å². The average molecular weight is 383 g/mol. The molecule has 1 aliphatic heterocycles. The molecule has 2 aromatic rings. The van der Waals surface area contributed by atoms with Gasteiger partial charge in [-0.25, -0.2) is 4.39 Å². The highest BCUT2D eigenvalue weighted by atomic mass is 35.5. The summed E-state index contributed by atoms with van der Waals surface area (Å²) in [6.45, 7) is 8.38. The fraction of sp³-hybridized carbons (Fsp3) is 0.444. The largest absolute Gasteiger partial charge is 0.361 e. The number of benzene rings is 1. The van der Waals surface area contributed by atoms with E-state index in [2.05, 4.69) is 10.5 Å². The molecule has 3 rings (SSSR count). The molecule has 1 aromatic heterocycles. The monoisotopic (exact) mass is 382 g/mol. The molecule has 1 aliphatic rings. The number of hydrogen-bond acceptors (Lipinski definition) is 3. The maximum atomic E-state index is 13.1. The zero-order valence-corrected chi connectivity index (χ0v) is 15.7. The lowest BCUT2D eigenvalue weighted by molar-refractivity contribution is -1.02. The minimum absolute atomic E-state index is 0.107. The molecule has 0 radical (unpaired) electrons. The van der Waals surface area contributed by atoms with Crippen molar-refractivity contribution in [2.45, 2.75) is 26.4 Å². The summed E-state index contributed by atoms with van der Waals surface area (Å²) >= 11 is 5.98. The Hall–Kier alpha value is -1.96. The van der Waals surface area contributed by atoms with E-state index in [0.29, 0.717) is 5.69 Å². The molecule has 140 valence electrons. The topological polar surface area (TPSA) is 64.0 Å². The van der Waals surface area contributed by atoms with Gasteiger partial charge in [0.1, 0.15) is 50.0 Å². The van der Waals surface area contributed by atoms with Gasteiger partial charge in [-0.15, -0.1) is 0 Å². The number of aryl methyl sites for hydroxylation is 1. The second kappa shape index (κ2) is 8.16. The summed E-state index contributed by atoms with van der Waals surface area (Å²) in [7, 11) is 0. The van der Waals surface area contributed by atoms with Gasteiger partial charge in [0.05, 0.1) is 10.7 Å². The SMILES string of the molecule is Cc1cc(C[NH+]2CC[NH+]([C@@H](C)C(=O)Nc3ccc(F)cc3Cl)CC2)no1. The van der Waals surface area contributed by atoms with Crippen LogP contribution in [0.3, 0.4) is 0 Å². The number of rotatable bonds is 5. The van der Waals surface area contributed by atoms with E-state index in [1.807, 2.05) is 19.9 Å². The van der Waals surface area contributed by atoms with Gasteiger partial charge < -0.3 is 19.6 Å². The Morgan fingerprint density at radius 3 is 2.69 bits per heavy atom. The highest BCUT2D eigenvalue weighted by molar-refractivity contribution is 6.33. The molecule has 1 atom stereocenters. The van der Waals surface area contributed by atoms with Gasteiger partial charge in [-0.3, -0.25) is 4.79 Å². The van der Waals surface area contributed by atoms with Gasteiger partial charge in [-0.05, 0) is 32.0 Å². The molecule has 0 aliphatic carbocycles. The van der Waals surface area contributed by atoms with Crippen LogP contribution in [0.25, 0.3) is 0 Å². The van der Waals surface area contributed by atoms with Crippen molar-refractivity contribution in [3.8, 4) is 0 Å². The molecule has 3 N–H and O–H groups in total. The summed E-state index contributed by atoms with van der Waals surface area (Å²) in [6.07, 6.45) is 0. The highest BCUT2D eigenvalue weighted by Crippen LogP contribution is 2.22. The van der Waals surface area contributed by atoms with Crippen molar-refractivity contribution < 1.29 is 23.5 Å². The van der Waals surface area contributed by atoms with E-state index in [9.17, 15) is 9.18 Å². The number of nitrogens with one attached hydrogen (secondary N) is 3. The lowest BCUT2D eigenvalue weighted by Crippen LogP contribution is -3.29. The molecule has 0 unspecified atom stereocenters. The lowest BCUT2D eigenvalue weighted by Gasteiger charge is -2.32. The molecular weight excluding hydrogens is 359 g/mol. The van der Waals surface area contributed by atoms with Crippen molar-refractivity contribution >= 4 is 23.2 Å². The van der Waals surface area contributed by atoms with E-state index >= 15 is 0 Å². The molecule has 2 heterocycles. The molecule has 1 saturated heterocycles. The molecule has 26 heavy (non-hydrogen) atoms. The van der Waals surface area contributed by atoms with E-state index in [1.54, 1.807) is 0 Å². The number of hydrogen-bond donors (Lipinski definition) is 3. The van der Waals surface area contributed by atoms with Crippen LogP contribution in [0.4, 0.5) is 10.1 Å². The van der Waals surface area contributed by atoms with Gasteiger partial charge in [-0.1, -0.05) is 16.8 Å². The molecule has 8 heteroatoms. The van der Waals surface area contributed by atoms with Crippen molar-refractivity contribution in [3.63, 3.8) is 0 Å². The average Bonchev–Trinajstić information content (AvgIpc) is 3.02. The van der Waals surface area contributed by atoms with E-state index in [0.717, 1.165) is 44.2 Å². The van der Waals surface area contributed by atoms with Crippen molar-refractivity contribution in [1.82, 2.24) is 5.16 Å². The maximum absolute atomic E-state index is 13.1. The number of halogens is 2. The van der Waals surface area contributed by atoms with Crippen molar-refractivity contribution in [3.05, 3.63) is 46.6 Å². The summed E-state index contributed by atoms with van der Waals surface area (Å²) in [5.74, 6) is 0.297. The first kappa shape index (κ1) is 18.8. The molecule has 1 amide bonds. The second-order valence-corrected chi connectivity index (χ2v) is 7.26. The Balaban J connectivity index is 1.51. The predicted molar refractivity (Wildman–Crippen MR) is 95.8 cm³/mol. The fourth-order valence-corrected chi connectivity index (χ4v) is 3.52. The molecule has 1 aromatic carbocycles. The molecule has 0 bridgehead atoms. The number of carbonyl (C=O) groups excluding carboxylic acids is 1. The van der Waals surface area contributed by atoms with Crippen LogP contribution >= 0.6 is 11.6 Å². The van der Waals surface area contributed by atoms with Crippen LogP contribution in [0.2, 0.25) is 5.02 Å². The summed E-state index contributed by atoms with van der Waals surface area (Å²) in [5.41, 5.74) is 1.41. The molecule has 0 spiro atoms. The van der Waals surface area contributed by atoms with Crippen LogP contribution in [0.1, 0.15) is 18.4 Å². The highest BCUT2D eigenvalue weighted by Gasteiger charge is 2.31. The van der Waals surface area contributed by atoms with Crippen LogP contribution < -0.4 is 15.1 Å². The number of nitrogens with zero attached hydrogens (tertiary/aromatic N) is 1. The first-order valence-electron chi connectivity index (χ1n) is 8.78. The third-order valence-electron chi connectivity index (χ3n) is 4.90.